The lowest BCUT2D eigenvalue weighted by Crippen LogP contribution is -2.44. The third-order valence-electron chi connectivity index (χ3n) is 6.24. The number of aliphatic carboxylic acids is 1. The summed E-state index contributed by atoms with van der Waals surface area (Å²) in [5.41, 5.74) is 8.58. The molecular formula is C22H28N4O3. The molecule has 2 aromatic rings. The van der Waals surface area contributed by atoms with Gasteiger partial charge in [0, 0.05) is 6.42 Å². The van der Waals surface area contributed by atoms with Crippen molar-refractivity contribution in [2.75, 3.05) is 11.1 Å². The minimum atomic E-state index is -0.685. The van der Waals surface area contributed by atoms with E-state index in [0.29, 0.717) is 35.6 Å². The van der Waals surface area contributed by atoms with E-state index in [1.54, 1.807) is 0 Å². The van der Waals surface area contributed by atoms with Crippen molar-refractivity contribution in [1.82, 2.24) is 9.97 Å². The SMILES string of the molecule is CC1(C)Oc2ncnc(N)c2NC1c1ccc([C@H]2CC[C@H](CC(=O)O)CC2)cc1. The van der Waals surface area contributed by atoms with Gasteiger partial charge < -0.3 is 20.9 Å². The van der Waals surface area contributed by atoms with Crippen LogP contribution in [0.2, 0.25) is 0 Å². The number of anilines is 2. The highest BCUT2D eigenvalue weighted by Gasteiger charge is 2.39. The van der Waals surface area contributed by atoms with Gasteiger partial charge in [0.05, 0.1) is 6.04 Å². The van der Waals surface area contributed by atoms with E-state index in [9.17, 15) is 4.79 Å². The zero-order valence-electron chi connectivity index (χ0n) is 16.9. The maximum atomic E-state index is 10.9. The third-order valence-corrected chi connectivity index (χ3v) is 6.24. The monoisotopic (exact) mass is 396 g/mol. The van der Waals surface area contributed by atoms with Gasteiger partial charge in [0.2, 0.25) is 5.88 Å². The summed E-state index contributed by atoms with van der Waals surface area (Å²) in [6, 6.07) is 8.59. The number of carboxylic acids is 1. The average molecular weight is 396 g/mol. The van der Waals surface area contributed by atoms with Crippen molar-refractivity contribution in [3.63, 3.8) is 0 Å². The molecule has 1 aliphatic carbocycles. The van der Waals surface area contributed by atoms with Crippen LogP contribution in [-0.4, -0.2) is 26.6 Å². The van der Waals surface area contributed by atoms with Gasteiger partial charge >= 0.3 is 5.97 Å². The van der Waals surface area contributed by atoms with Crippen LogP contribution in [0.25, 0.3) is 0 Å². The maximum absolute atomic E-state index is 10.9. The molecular weight excluding hydrogens is 368 g/mol. The number of hydrogen-bond donors (Lipinski definition) is 3. The van der Waals surface area contributed by atoms with E-state index >= 15 is 0 Å². The number of nitrogens with two attached hydrogens (primary N) is 1. The van der Waals surface area contributed by atoms with Crippen LogP contribution in [0.3, 0.4) is 0 Å². The number of rotatable bonds is 4. The number of carbonyl (C=O) groups is 1. The van der Waals surface area contributed by atoms with Crippen molar-refractivity contribution in [3.05, 3.63) is 41.7 Å². The molecule has 1 saturated carbocycles. The zero-order chi connectivity index (χ0) is 20.6. The molecule has 0 radical (unpaired) electrons. The van der Waals surface area contributed by atoms with Gasteiger partial charge in [0.15, 0.2) is 5.82 Å². The number of hydrogen-bond acceptors (Lipinski definition) is 6. The minimum absolute atomic E-state index is 0.0800. The van der Waals surface area contributed by atoms with E-state index < -0.39 is 11.6 Å². The van der Waals surface area contributed by atoms with Gasteiger partial charge in [-0.2, -0.15) is 4.98 Å². The molecule has 0 bridgehead atoms. The van der Waals surface area contributed by atoms with Gasteiger partial charge in [0.25, 0.3) is 0 Å². The molecule has 1 aromatic carbocycles. The van der Waals surface area contributed by atoms with E-state index in [1.165, 1.54) is 11.9 Å². The molecule has 1 unspecified atom stereocenters. The number of nitrogens with zero attached hydrogens (tertiary/aromatic N) is 2. The highest BCUT2D eigenvalue weighted by molar-refractivity contribution is 5.70. The van der Waals surface area contributed by atoms with Crippen molar-refractivity contribution in [3.8, 4) is 5.88 Å². The van der Waals surface area contributed by atoms with E-state index in [0.717, 1.165) is 31.2 Å². The summed E-state index contributed by atoms with van der Waals surface area (Å²) in [5.74, 6) is 0.997. The molecule has 0 saturated heterocycles. The molecule has 2 heterocycles. The fraction of sp³-hybridized carbons (Fsp3) is 0.500. The molecule has 29 heavy (non-hydrogen) atoms. The summed E-state index contributed by atoms with van der Waals surface area (Å²) in [6.45, 7) is 4.06. The molecule has 7 heteroatoms. The normalized spacial score (nSPS) is 25.4. The van der Waals surface area contributed by atoms with Crippen molar-refractivity contribution in [1.29, 1.82) is 0 Å². The summed E-state index contributed by atoms with van der Waals surface area (Å²) < 4.78 is 6.12. The maximum Gasteiger partial charge on any atom is 0.303 e. The van der Waals surface area contributed by atoms with Crippen LogP contribution in [0.15, 0.2) is 30.6 Å². The van der Waals surface area contributed by atoms with Gasteiger partial charge in [0.1, 0.15) is 17.6 Å². The Morgan fingerprint density at radius 3 is 2.48 bits per heavy atom. The predicted octanol–water partition coefficient (Wildman–Crippen LogP) is 4.13. The number of nitrogen functional groups attached to an aromatic ring is 1. The molecule has 1 atom stereocenters. The quantitative estimate of drug-likeness (QED) is 0.712. The number of ether oxygens (including phenoxy) is 1. The number of nitrogens with one attached hydrogen (secondary N) is 1. The molecule has 0 amide bonds. The summed E-state index contributed by atoms with van der Waals surface area (Å²) in [4.78, 5) is 19.2. The fourth-order valence-electron chi connectivity index (χ4n) is 4.61. The summed E-state index contributed by atoms with van der Waals surface area (Å²) in [5, 5.41) is 12.5. The first kappa shape index (κ1) is 19.5. The van der Waals surface area contributed by atoms with Gasteiger partial charge in [-0.3, -0.25) is 4.79 Å². The fourth-order valence-corrected chi connectivity index (χ4v) is 4.61. The Balaban J connectivity index is 1.48. The Kier molecular flexibility index (Phi) is 5.06. The molecule has 4 N–H and O–H groups in total. The lowest BCUT2D eigenvalue weighted by atomic mass is 9.77. The number of benzene rings is 1. The first-order chi connectivity index (χ1) is 13.8. The van der Waals surface area contributed by atoms with E-state index in [-0.39, 0.29) is 6.04 Å². The Morgan fingerprint density at radius 2 is 1.83 bits per heavy atom. The lowest BCUT2D eigenvalue weighted by molar-refractivity contribution is -0.138. The van der Waals surface area contributed by atoms with Crippen LogP contribution in [-0.2, 0) is 4.79 Å². The Hall–Kier alpha value is -2.83. The number of carboxylic acid groups (broad SMARTS) is 1. The van der Waals surface area contributed by atoms with Crippen LogP contribution in [0.5, 0.6) is 5.88 Å². The summed E-state index contributed by atoms with van der Waals surface area (Å²) in [6.07, 6.45) is 5.78. The number of aromatic nitrogens is 2. The second-order valence-corrected chi connectivity index (χ2v) is 8.70. The van der Waals surface area contributed by atoms with Gasteiger partial charge in [-0.15, -0.1) is 0 Å². The predicted molar refractivity (Wildman–Crippen MR) is 111 cm³/mol. The number of fused-ring (bicyclic) bond motifs is 1. The van der Waals surface area contributed by atoms with Gasteiger partial charge in [-0.1, -0.05) is 24.3 Å². The smallest absolute Gasteiger partial charge is 0.303 e. The first-order valence-corrected chi connectivity index (χ1v) is 10.2. The second-order valence-electron chi connectivity index (χ2n) is 8.70. The molecule has 2 aliphatic rings. The van der Waals surface area contributed by atoms with Crippen molar-refractivity contribution in [2.24, 2.45) is 5.92 Å². The second kappa shape index (κ2) is 7.54. The lowest BCUT2D eigenvalue weighted by Gasteiger charge is -2.40. The van der Waals surface area contributed by atoms with Crippen LogP contribution < -0.4 is 15.8 Å². The topological polar surface area (TPSA) is 110 Å². The molecule has 0 spiro atoms. The third kappa shape index (κ3) is 3.99. The van der Waals surface area contributed by atoms with Gasteiger partial charge in [-0.25, -0.2) is 4.98 Å². The summed E-state index contributed by atoms with van der Waals surface area (Å²) >= 11 is 0. The zero-order valence-corrected chi connectivity index (χ0v) is 16.9. The van der Waals surface area contributed by atoms with Crippen molar-refractivity contribution >= 4 is 17.5 Å². The molecule has 1 fully saturated rings. The van der Waals surface area contributed by atoms with Crippen molar-refractivity contribution < 1.29 is 14.6 Å². The molecule has 7 nitrogen and oxygen atoms in total. The summed E-state index contributed by atoms with van der Waals surface area (Å²) in [7, 11) is 0. The molecule has 1 aromatic heterocycles. The minimum Gasteiger partial charge on any atom is -0.481 e. The standard InChI is InChI=1S/C22H28N4O3/c1-22(2)19(26-18-20(23)24-12-25-21(18)29-22)16-9-7-15(8-10-16)14-5-3-13(4-6-14)11-17(27)28/h7-10,12-14,19,26H,3-6,11H2,1-2H3,(H,27,28)(H2,23,24,25)/t13-,14-,19?. The Bertz CT molecular complexity index is 889. The molecule has 4 rings (SSSR count). The van der Waals surface area contributed by atoms with Crippen LogP contribution in [0, 0.1) is 5.92 Å². The van der Waals surface area contributed by atoms with E-state index in [1.807, 2.05) is 13.8 Å². The van der Waals surface area contributed by atoms with E-state index in [4.69, 9.17) is 15.6 Å². The Labute approximate surface area is 170 Å². The van der Waals surface area contributed by atoms with Crippen molar-refractivity contribution in [2.45, 2.75) is 63.5 Å². The average Bonchev–Trinajstić information content (AvgIpc) is 2.67. The van der Waals surface area contributed by atoms with Crippen LogP contribution >= 0.6 is 0 Å². The van der Waals surface area contributed by atoms with E-state index in [2.05, 4.69) is 39.6 Å². The van der Waals surface area contributed by atoms with Crippen LogP contribution in [0.1, 0.15) is 69.0 Å². The highest BCUT2D eigenvalue weighted by atomic mass is 16.5. The Morgan fingerprint density at radius 1 is 1.17 bits per heavy atom. The highest BCUT2D eigenvalue weighted by Crippen LogP contribution is 2.44. The molecule has 154 valence electrons. The molecule has 1 aliphatic heterocycles. The van der Waals surface area contributed by atoms with Crippen LogP contribution in [0.4, 0.5) is 11.5 Å². The van der Waals surface area contributed by atoms with Gasteiger partial charge in [-0.05, 0) is 62.5 Å². The largest absolute Gasteiger partial charge is 0.481 e. The first-order valence-electron chi connectivity index (χ1n) is 10.2.